The van der Waals surface area contributed by atoms with Gasteiger partial charge in [0.05, 0.1) is 12.7 Å². The fourth-order valence-corrected chi connectivity index (χ4v) is 2.79. The highest BCUT2D eigenvalue weighted by atomic mass is 35.7. The molecule has 0 spiro atoms. The average Bonchev–Trinajstić information content (AvgIpc) is 3.00. The minimum Gasteiger partial charge on any atom is -0.493 e. The largest absolute Gasteiger partial charge is 0.493 e. The van der Waals surface area contributed by atoms with E-state index in [1.807, 2.05) is 48.7 Å². The van der Waals surface area contributed by atoms with E-state index in [2.05, 4.69) is 0 Å². The molecule has 9 heteroatoms. The molecule has 0 N–H and O–H groups in total. The summed E-state index contributed by atoms with van der Waals surface area (Å²) in [7, 11) is -4.94. The molecule has 24 heavy (non-hydrogen) atoms. The summed E-state index contributed by atoms with van der Waals surface area (Å²) in [6.07, 6.45) is 0. The summed E-state index contributed by atoms with van der Waals surface area (Å²) in [5.41, 5.74) is 0.777. The van der Waals surface area contributed by atoms with Crippen LogP contribution in [0.2, 0.25) is 5.02 Å². The van der Waals surface area contributed by atoms with Gasteiger partial charge in [0, 0.05) is 11.1 Å². The molecule has 128 valence electrons. The molecule has 0 aliphatic heterocycles. The van der Waals surface area contributed by atoms with E-state index in [0.29, 0.717) is 11.6 Å². The van der Waals surface area contributed by atoms with Crippen LogP contribution in [0.3, 0.4) is 0 Å². The molecular weight excluding hydrogens is 379 g/mol. The molecule has 2 heterocycles. The number of hydrogen-bond donors (Lipinski definition) is 0. The molecule has 0 atom stereocenters. The number of rotatable bonds is 3. The Labute approximate surface area is 148 Å². The quantitative estimate of drug-likeness (QED) is 0.609. The molecule has 3 rings (SSSR count). The summed E-state index contributed by atoms with van der Waals surface area (Å²) in [6, 6.07) is 11.5. The normalized spacial score (nSPS) is 11.1. The fourth-order valence-electron chi connectivity index (χ4n) is 1.94. The topological polar surface area (TPSA) is 113 Å². The van der Waals surface area contributed by atoms with Gasteiger partial charge in [-0.05, 0) is 30.5 Å². The zero-order valence-electron chi connectivity index (χ0n) is 12.4. The van der Waals surface area contributed by atoms with Crippen molar-refractivity contribution in [2.75, 3.05) is 6.61 Å². The minimum absolute atomic E-state index is 0.607. The fraction of sp³-hybridized carbons (Fsp3) is 0.133. The molecule has 2 aromatic heterocycles. The molecule has 0 saturated carbocycles. The van der Waals surface area contributed by atoms with Crippen LogP contribution in [0.5, 0.6) is 5.75 Å². The number of thiophene rings is 1. The highest BCUT2D eigenvalue weighted by Gasteiger charge is 2.20. The van der Waals surface area contributed by atoms with Crippen molar-refractivity contribution in [2.24, 2.45) is 0 Å². The molecule has 0 saturated heterocycles. The molecule has 0 amide bonds. The van der Waals surface area contributed by atoms with Crippen LogP contribution in [0.1, 0.15) is 6.92 Å². The van der Waals surface area contributed by atoms with E-state index in [1.54, 1.807) is 11.3 Å². The van der Waals surface area contributed by atoms with Crippen LogP contribution < -0.4 is 23.4 Å². The summed E-state index contributed by atoms with van der Waals surface area (Å²) >= 11 is 7.67. The summed E-state index contributed by atoms with van der Waals surface area (Å²) in [4.78, 5) is 1.08. The van der Waals surface area contributed by atoms with Crippen LogP contribution in [0.25, 0.3) is 21.6 Å². The Balaban J connectivity index is 0.000000368. The van der Waals surface area contributed by atoms with Gasteiger partial charge in [0.25, 0.3) is 0 Å². The highest BCUT2D eigenvalue weighted by Crippen LogP contribution is 2.35. The summed E-state index contributed by atoms with van der Waals surface area (Å²) < 4.78 is 45.6. The lowest BCUT2D eigenvalue weighted by molar-refractivity contribution is -2.00. The SMILES string of the molecule is CCOc1cc(-c2cccs2)[o+]c2ccc(Cl)cc12.[O-][Cl+3]([O-])([O-])[O-]. The third kappa shape index (κ3) is 5.57. The van der Waals surface area contributed by atoms with E-state index in [4.69, 9.17) is 39.4 Å². The van der Waals surface area contributed by atoms with Crippen molar-refractivity contribution in [3.8, 4) is 16.4 Å². The molecule has 0 radical (unpaired) electrons. The van der Waals surface area contributed by atoms with Gasteiger partial charge >= 0.3 is 11.3 Å². The highest BCUT2D eigenvalue weighted by molar-refractivity contribution is 7.13. The van der Waals surface area contributed by atoms with Gasteiger partial charge in [0.15, 0.2) is 0 Å². The maximum absolute atomic E-state index is 8.49. The van der Waals surface area contributed by atoms with Crippen molar-refractivity contribution < 1.29 is 38.0 Å². The number of ether oxygens (including phenoxy) is 1. The third-order valence-corrected chi connectivity index (χ3v) is 3.87. The first-order valence-corrected chi connectivity index (χ1v) is 9.12. The van der Waals surface area contributed by atoms with Crippen LogP contribution >= 0.6 is 22.9 Å². The molecule has 6 nitrogen and oxygen atoms in total. The van der Waals surface area contributed by atoms with Gasteiger partial charge in [-0.3, -0.25) is 0 Å². The number of hydrogen-bond acceptors (Lipinski definition) is 6. The van der Waals surface area contributed by atoms with E-state index in [9.17, 15) is 0 Å². The Kier molecular flexibility index (Phi) is 6.36. The van der Waals surface area contributed by atoms with Crippen molar-refractivity contribution >= 4 is 33.9 Å². The van der Waals surface area contributed by atoms with Crippen molar-refractivity contribution in [3.05, 3.63) is 46.8 Å². The Morgan fingerprint density at radius 3 is 2.46 bits per heavy atom. The monoisotopic (exact) mass is 390 g/mol. The molecule has 1 aromatic carbocycles. The molecule has 0 aliphatic rings. The summed E-state index contributed by atoms with van der Waals surface area (Å²) in [5.74, 6) is 1.61. The average molecular weight is 391 g/mol. The third-order valence-electron chi connectivity index (χ3n) is 2.75. The molecule has 0 unspecified atom stereocenters. The molecular formula is C15H12Cl2O6S. The summed E-state index contributed by atoms with van der Waals surface area (Å²) in [6.45, 7) is 2.57. The second-order valence-corrected chi connectivity index (χ2v) is 6.54. The van der Waals surface area contributed by atoms with E-state index in [1.165, 1.54) is 0 Å². The molecule has 3 aromatic rings. The van der Waals surface area contributed by atoms with Gasteiger partial charge in [0.1, 0.15) is 16.0 Å². The first-order chi connectivity index (χ1) is 11.3. The molecule has 0 aliphatic carbocycles. The Bertz CT molecular complexity index is 796. The van der Waals surface area contributed by atoms with Crippen molar-refractivity contribution in [1.29, 1.82) is 0 Å². The maximum atomic E-state index is 8.49. The second-order valence-electron chi connectivity index (χ2n) is 4.40. The van der Waals surface area contributed by atoms with Crippen LogP contribution in [-0.4, -0.2) is 6.61 Å². The predicted octanol–water partition coefficient (Wildman–Crippen LogP) is 0.739. The van der Waals surface area contributed by atoms with Gasteiger partial charge in [-0.2, -0.15) is 0 Å². The van der Waals surface area contributed by atoms with Gasteiger partial charge in [-0.25, -0.2) is 23.1 Å². The standard InChI is InChI=1S/C15H12ClO2S.ClHO4/c1-2-17-13-9-14(15-4-3-7-19-15)18-12-6-5-10(16)8-11(12)13;2-1(3,4)5/h3-9H,2H2,1H3;(H,2,3,4,5)/q+1;/p-1. The van der Waals surface area contributed by atoms with Crippen molar-refractivity contribution in [2.45, 2.75) is 6.92 Å². The maximum Gasteiger partial charge on any atom is 0.374 e. The summed E-state index contributed by atoms with van der Waals surface area (Å²) in [5, 5.41) is 3.60. The van der Waals surface area contributed by atoms with Crippen LogP contribution in [0.4, 0.5) is 0 Å². The Morgan fingerprint density at radius 1 is 1.17 bits per heavy atom. The van der Waals surface area contributed by atoms with Gasteiger partial charge in [-0.15, -0.1) is 21.6 Å². The second kappa shape index (κ2) is 8.09. The van der Waals surface area contributed by atoms with E-state index in [0.717, 1.165) is 27.4 Å². The van der Waals surface area contributed by atoms with Crippen LogP contribution in [-0.2, 0) is 0 Å². The zero-order chi connectivity index (χ0) is 17.7. The van der Waals surface area contributed by atoms with Crippen molar-refractivity contribution in [3.63, 3.8) is 0 Å². The first kappa shape index (κ1) is 18.9. The smallest absolute Gasteiger partial charge is 0.374 e. The van der Waals surface area contributed by atoms with Gasteiger partial charge in [0.2, 0.25) is 0 Å². The van der Waals surface area contributed by atoms with Crippen LogP contribution in [0.15, 0.2) is 46.2 Å². The number of benzene rings is 1. The van der Waals surface area contributed by atoms with Crippen LogP contribution in [0, 0.1) is 10.2 Å². The lowest BCUT2D eigenvalue weighted by Crippen LogP contribution is -2.68. The molecule has 0 fully saturated rings. The van der Waals surface area contributed by atoms with E-state index in [-0.39, 0.29) is 0 Å². The number of halogens is 2. The predicted molar refractivity (Wildman–Crippen MR) is 80.1 cm³/mol. The minimum atomic E-state index is -4.94. The Morgan fingerprint density at radius 2 is 1.88 bits per heavy atom. The van der Waals surface area contributed by atoms with Gasteiger partial charge in [-0.1, -0.05) is 17.7 Å². The first-order valence-electron chi connectivity index (χ1n) is 6.62. The van der Waals surface area contributed by atoms with Gasteiger partial charge < -0.3 is 4.74 Å². The van der Waals surface area contributed by atoms with E-state index < -0.39 is 10.2 Å². The van der Waals surface area contributed by atoms with E-state index >= 15 is 0 Å². The lowest BCUT2D eigenvalue weighted by atomic mass is 10.2. The molecule has 0 bridgehead atoms. The van der Waals surface area contributed by atoms with Crippen molar-refractivity contribution in [1.82, 2.24) is 0 Å². The number of fused-ring (bicyclic) bond motifs is 1. The Hall–Kier alpha value is -1.45. The lowest BCUT2D eigenvalue weighted by Gasteiger charge is -2.17. The zero-order valence-corrected chi connectivity index (χ0v) is 14.7.